The molecule has 0 radical (unpaired) electrons. The summed E-state index contributed by atoms with van der Waals surface area (Å²) in [4.78, 5) is 24.4. The van der Waals surface area contributed by atoms with E-state index in [0.717, 1.165) is 16.0 Å². The number of phenolic OH excluding ortho intramolecular Hbond substituents is 1. The molecule has 6 heteroatoms. The molecule has 1 aromatic heterocycles. The van der Waals surface area contributed by atoms with Crippen LogP contribution in [0.15, 0.2) is 24.3 Å². The summed E-state index contributed by atoms with van der Waals surface area (Å²) in [6, 6.07) is 6.33. The number of anilines is 1. The Morgan fingerprint density at radius 2 is 1.86 bits per heavy atom. The SMILES string of the molecule is CCc1c(C)sc(NC(=O)Cc2ccc(O)cc2)c1C(=O)O. The van der Waals surface area contributed by atoms with Gasteiger partial charge in [0.2, 0.25) is 5.91 Å². The van der Waals surface area contributed by atoms with Crippen LogP contribution in [-0.4, -0.2) is 22.1 Å². The minimum atomic E-state index is -1.03. The molecule has 0 aliphatic rings. The van der Waals surface area contributed by atoms with E-state index in [4.69, 9.17) is 0 Å². The first-order chi connectivity index (χ1) is 10.4. The average molecular weight is 319 g/mol. The van der Waals surface area contributed by atoms with Gasteiger partial charge in [-0.3, -0.25) is 4.79 Å². The van der Waals surface area contributed by atoms with Gasteiger partial charge in [-0.2, -0.15) is 0 Å². The first-order valence-electron chi connectivity index (χ1n) is 6.85. The van der Waals surface area contributed by atoms with Crippen LogP contribution >= 0.6 is 11.3 Å². The fourth-order valence-corrected chi connectivity index (χ4v) is 3.44. The summed E-state index contributed by atoms with van der Waals surface area (Å²) in [5, 5.41) is 21.6. The van der Waals surface area contributed by atoms with Crippen LogP contribution in [0.25, 0.3) is 0 Å². The number of amides is 1. The molecule has 0 saturated heterocycles. The van der Waals surface area contributed by atoms with E-state index in [2.05, 4.69) is 5.32 Å². The van der Waals surface area contributed by atoms with Gasteiger partial charge in [-0.05, 0) is 36.6 Å². The number of carbonyl (C=O) groups excluding carboxylic acids is 1. The Morgan fingerprint density at radius 3 is 2.41 bits per heavy atom. The fraction of sp³-hybridized carbons (Fsp3) is 0.250. The van der Waals surface area contributed by atoms with E-state index in [0.29, 0.717) is 11.4 Å². The number of benzene rings is 1. The molecule has 1 aromatic carbocycles. The van der Waals surface area contributed by atoms with Crippen molar-refractivity contribution in [3.8, 4) is 5.75 Å². The van der Waals surface area contributed by atoms with Crippen LogP contribution in [0.5, 0.6) is 5.75 Å². The van der Waals surface area contributed by atoms with E-state index in [1.54, 1.807) is 12.1 Å². The van der Waals surface area contributed by atoms with E-state index in [-0.39, 0.29) is 23.6 Å². The molecule has 3 N–H and O–H groups in total. The quantitative estimate of drug-likeness (QED) is 0.790. The predicted molar refractivity (Wildman–Crippen MR) is 85.8 cm³/mol. The molecule has 0 aliphatic carbocycles. The summed E-state index contributed by atoms with van der Waals surface area (Å²) in [6.45, 7) is 3.75. The van der Waals surface area contributed by atoms with E-state index in [9.17, 15) is 19.8 Å². The minimum absolute atomic E-state index is 0.123. The van der Waals surface area contributed by atoms with E-state index in [1.165, 1.54) is 23.5 Å². The minimum Gasteiger partial charge on any atom is -0.508 e. The lowest BCUT2D eigenvalue weighted by atomic mass is 10.1. The van der Waals surface area contributed by atoms with Crippen molar-refractivity contribution in [1.29, 1.82) is 0 Å². The third-order valence-corrected chi connectivity index (χ3v) is 4.39. The van der Waals surface area contributed by atoms with Gasteiger partial charge >= 0.3 is 5.97 Å². The second-order valence-corrected chi connectivity index (χ2v) is 6.12. The molecule has 2 aromatic rings. The van der Waals surface area contributed by atoms with Crippen molar-refractivity contribution in [3.63, 3.8) is 0 Å². The molecule has 1 amide bonds. The molecule has 5 nitrogen and oxygen atoms in total. The van der Waals surface area contributed by atoms with Gasteiger partial charge in [-0.25, -0.2) is 4.79 Å². The maximum atomic E-state index is 12.1. The molecule has 0 saturated carbocycles. The van der Waals surface area contributed by atoms with Gasteiger partial charge in [0.15, 0.2) is 0 Å². The van der Waals surface area contributed by atoms with E-state index < -0.39 is 5.97 Å². The first-order valence-corrected chi connectivity index (χ1v) is 7.67. The molecule has 116 valence electrons. The van der Waals surface area contributed by atoms with Crippen LogP contribution in [0.1, 0.15) is 33.3 Å². The Balaban J connectivity index is 2.18. The molecule has 0 bridgehead atoms. The highest BCUT2D eigenvalue weighted by Crippen LogP contribution is 2.33. The Bertz CT molecular complexity index is 704. The largest absolute Gasteiger partial charge is 0.508 e. The number of aromatic hydroxyl groups is 1. The summed E-state index contributed by atoms with van der Waals surface area (Å²) < 4.78 is 0. The van der Waals surface area contributed by atoms with Crippen LogP contribution in [0, 0.1) is 6.92 Å². The topological polar surface area (TPSA) is 86.6 Å². The van der Waals surface area contributed by atoms with E-state index >= 15 is 0 Å². The predicted octanol–water partition coefficient (Wildman–Crippen LogP) is 3.20. The van der Waals surface area contributed by atoms with Crippen LogP contribution < -0.4 is 5.32 Å². The standard InChI is InChI=1S/C16H17NO4S/c1-3-12-9(2)22-15(14(12)16(20)21)17-13(19)8-10-4-6-11(18)7-5-10/h4-7,18H,3,8H2,1-2H3,(H,17,19)(H,20,21). The first kappa shape index (κ1) is 16.0. The van der Waals surface area contributed by atoms with Gasteiger partial charge in [0.1, 0.15) is 10.8 Å². The lowest BCUT2D eigenvalue weighted by molar-refractivity contribution is -0.115. The Hall–Kier alpha value is -2.34. The zero-order chi connectivity index (χ0) is 16.3. The van der Waals surface area contributed by atoms with Crippen LogP contribution in [0.4, 0.5) is 5.00 Å². The van der Waals surface area contributed by atoms with Crippen molar-refractivity contribution in [1.82, 2.24) is 0 Å². The molecule has 0 fully saturated rings. The maximum absolute atomic E-state index is 12.1. The normalized spacial score (nSPS) is 10.5. The number of aromatic carboxylic acids is 1. The number of aryl methyl sites for hydroxylation is 1. The van der Waals surface area contributed by atoms with Crippen molar-refractivity contribution < 1.29 is 19.8 Å². The lowest BCUT2D eigenvalue weighted by Gasteiger charge is -2.05. The van der Waals surface area contributed by atoms with Gasteiger partial charge in [0, 0.05) is 4.88 Å². The Morgan fingerprint density at radius 1 is 1.23 bits per heavy atom. The van der Waals surface area contributed by atoms with Crippen molar-refractivity contribution >= 4 is 28.2 Å². The summed E-state index contributed by atoms with van der Waals surface area (Å²) in [7, 11) is 0. The van der Waals surface area contributed by atoms with Gasteiger partial charge < -0.3 is 15.5 Å². The molecule has 0 spiro atoms. The number of carboxylic acids is 1. The molecule has 22 heavy (non-hydrogen) atoms. The highest BCUT2D eigenvalue weighted by molar-refractivity contribution is 7.16. The molecular weight excluding hydrogens is 302 g/mol. The summed E-state index contributed by atoms with van der Waals surface area (Å²) in [5.41, 5.74) is 1.69. The van der Waals surface area contributed by atoms with E-state index in [1.807, 2.05) is 13.8 Å². The second kappa shape index (κ2) is 6.62. The number of phenols is 1. The van der Waals surface area contributed by atoms with Gasteiger partial charge in [0.05, 0.1) is 12.0 Å². The summed E-state index contributed by atoms with van der Waals surface area (Å²) >= 11 is 1.28. The summed E-state index contributed by atoms with van der Waals surface area (Å²) in [5.74, 6) is -1.17. The van der Waals surface area contributed by atoms with Crippen molar-refractivity contribution in [2.45, 2.75) is 26.7 Å². The zero-order valence-corrected chi connectivity index (χ0v) is 13.2. The molecular formula is C16H17NO4S. The summed E-state index contributed by atoms with van der Waals surface area (Å²) in [6.07, 6.45) is 0.732. The fourth-order valence-electron chi connectivity index (χ4n) is 2.29. The number of carboxylic acid groups (broad SMARTS) is 1. The number of hydrogen-bond acceptors (Lipinski definition) is 4. The van der Waals surface area contributed by atoms with Crippen LogP contribution in [-0.2, 0) is 17.6 Å². The Kier molecular flexibility index (Phi) is 4.82. The zero-order valence-electron chi connectivity index (χ0n) is 12.3. The number of rotatable bonds is 5. The Labute approximate surface area is 132 Å². The molecule has 0 aliphatic heterocycles. The van der Waals surface area contributed by atoms with Crippen LogP contribution in [0.3, 0.4) is 0 Å². The lowest BCUT2D eigenvalue weighted by Crippen LogP contribution is -2.15. The highest BCUT2D eigenvalue weighted by Gasteiger charge is 2.21. The molecule has 2 rings (SSSR count). The monoisotopic (exact) mass is 319 g/mol. The van der Waals surface area contributed by atoms with Gasteiger partial charge in [0.25, 0.3) is 0 Å². The number of nitrogens with one attached hydrogen (secondary N) is 1. The molecule has 0 unspecified atom stereocenters. The van der Waals surface area contributed by atoms with Crippen molar-refractivity contribution in [3.05, 3.63) is 45.8 Å². The maximum Gasteiger partial charge on any atom is 0.339 e. The molecule has 1 heterocycles. The average Bonchev–Trinajstić information content (AvgIpc) is 2.76. The van der Waals surface area contributed by atoms with Crippen LogP contribution in [0.2, 0.25) is 0 Å². The number of carbonyl (C=O) groups is 2. The van der Waals surface area contributed by atoms with Gasteiger partial charge in [-0.15, -0.1) is 11.3 Å². The highest BCUT2D eigenvalue weighted by atomic mass is 32.1. The van der Waals surface area contributed by atoms with Crippen molar-refractivity contribution in [2.75, 3.05) is 5.32 Å². The smallest absolute Gasteiger partial charge is 0.339 e. The van der Waals surface area contributed by atoms with Gasteiger partial charge in [-0.1, -0.05) is 19.1 Å². The number of hydrogen-bond donors (Lipinski definition) is 3. The number of thiophene rings is 1. The third kappa shape index (κ3) is 3.46. The second-order valence-electron chi connectivity index (χ2n) is 4.89. The molecule has 0 atom stereocenters. The third-order valence-electron chi connectivity index (χ3n) is 3.33. The van der Waals surface area contributed by atoms with Crippen molar-refractivity contribution in [2.24, 2.45) is 0 Å².